The largest absolute Gasteiger partial charge is 0.330 e. The summed E-state index contributed by atoms with van der Waals surface area (Å²) in [6, 6.07) is 0. The molecule has 2 heteroatoms. The van der Waals surface area contributed by atoms with Crippen LogP contribution in [0.1, 0.15) is 47.0 Å². The van der Waals surface area contributed by atoms with Crippen LogP contribution in [0.4, 0.5) is 0 Å². The molecule has 1 aliphatic heterocycles. The van der Waals surface area contributed by atoms with E-state index in [1.54, 1.807) is 0 Å². The molecule has 0 aromatic heterocycles. The van der Waals surface area contributed by atoms with Gasteiger partial charge in [-0.2, -0.15) is 0 Å². The molecule has 1 saturated heterocycles. The molecule has 0 aliphatic carbocycles. The van der Waals surface area contributed by atoms with E-state index in [0.717, 1.165) is 18.4 Å². The van der Waals surface area contributed by atoms with Crippen LogP contribution in [0.5, 0.6) is 0 Å². The van der Waals surface area contributed by atoms with Crippen molar-refractivity contribution < 1.29 is 0 Å². The van der Waals surface area contributed by atoms with Crippen molar-refractivity contribution in [1.29, 1.82) is 0 Å². The molecule has 1 heterocycles. The molecule has 0 amide bonds. The smallest absolute Gasteiger partial charge is 0.00332 e. The summed E-state index contributed by atoms with van der Waals surface area (Å²) in [5.41, 5.74) is 6.38. The fourth-order valence-corrected chi connectivity index (χ4v) is 2.78. The summed E-state index contributed by atoms with van der Waals surface area (Å²) in [4.78, 5) is 2.61. The number of nitrogens with two attached hydrogens (primary N) is 1. The molecule has 1 aliphatic rings. The average Bonchev–Trinajstić information content (AvgIpc) is 2.52. The highest BCUT2D eigenvalue weighted by molar-refractivity contribution is 4.82. The van der Waals surface area contributed by atoms with Crippen molar-refractivity contribution in [2.24, 2.45) is 23.0 Å². The number of rotatable bonds is 6. The van der Waals surface area contributed by atoms with E-state index in [1.165, 1.54) is 38.9 Å². The van der Waals surface area contributed by atoms with Crippen molar-refractivity contribution in [3.05, 3.63) is 0 Å². The lowest BCUT2D eigenvalue weighted by molar-refractivity contribution is 0.259. The SMILES string of the molecule is CC(C)CC(CN)CCN1CCC(C)(C)C1. The second kappa shape index (κ2) is 6.02. The molecule has 0 spiro atoms. The Morgan fingerprint density at radius 3 is 2.44 bits per heavy atom. The fourth-order valence-electron chi connectivity index (χ4n) is 2.78. The molecule has 2 N–H and O–H groups in total. The van der Waals surface area contributed by atoms with E-state index in [-0.39, 0.29) is 0 Å². The molecule has 96 valence electrons. The molecule has 16 heavy (non-hydrogen) atoms. The van der Waals surface area contributed by atoms with E-state index in [1.807, 2.05) is 0 Å². The normalized spacial score (nSPS) is 22.9. The summed E-state index contributed by atoms with van der Waals surface area (Å²) in [6.07, 6.45) is 3.92. The zero-order valence-electron chi connectivity index (χ0n) is 11.6. The molecule has 1 rings (SSSR count). The highest BCUT2D eigenvalue weighted by Gasteiger charge is 2.28. The summed E-state index contributed by atoms with van der Waals surface area (Å²) < 4.78 is 0. The van der Waals surface area contributed by atoms with Crippen LogP contribution in [0, 0.1) is 17.3 Å². The van der Waals surface area contributed by atoms with E-state index in [9.17, 15) is 0 Å². The van der Waals surface area contributed by atoms with E-state index < -0.39 is 0 Å². The molecule has 0 saturated carbocycles. The van der Waals surface area contributed by atoms with Gasteiger partial charge in [0.05, 0.1) is 0 Å². The van der Waals surface area contributed by atoms with Crippen LogP contribution in [-0.4, -0.2) is 31.1 Å². The minimum absolute atomic E-state index is 0.538. The maximum atomic E-state index is 5.84. The number of nitrogens with zero attached hydrogens (tertiary/aromatic N) is 1. The van der Waals surface area contributed by atoms with Crippen molar-refractivity contribution in [3.63, 3.8) is 0 Å². The third-order valence-electron chi connectivity index (χ3n) is 3.75. The number of likely N-dealkylation sites (tertiary alicyclic amines) is 1. The Balaban J connectivity index is 2.23. The maximum absolute atomic E-state index is 5.84. The van der Waals surface area contributed by atoms with E-state index in [0.29, 0.717) is 5.41 Å². The van der Waals surface area contributed by atoms with Crippen LogP contribution < -0.4 is 5.73 Å². The van der Waals surface area contributed by atoms with Crippen LogP contribution in [0.3, 0.4) is 0 Å². The van der Waals surface area contributed by atoms with Crippen LogP contribution in [0.25, 0.3) is 0 Å². The summed E-state index contributed by atoms with van der Waals surface area (Å²) >= 11 is 0. The minimum atomic E-state index is 0.538. The van der Waals surface area contributed by atoms with Crippen LogP contribution in [0.2, 0.25) is 0 Å². The fraction of sp³-hybridized carbons (Fsp3) is 1.00. The average molecular weight is 226 g/mol. The first-order valence-corrected chi connectivity index (χ1v) is 6.85. The van der Waals surface area contributed by atoms with E-state index >= 15 is 0 Å². The minimum Gasteiger partial charge on any atom is -0.330 e. The van der Waals surface area contributed by atoms with E-state index in [4.69, 9.17) is 5.73 Å². The Bertz CT molecular complexity index is 197. The lowest BCUT2D eigenvalue weighted by Gasteiger charge is -2.23. The Morgan fingerprint density at radius 1 is 1.31 bits per heavy atom. The van der Waals surface area contributed by atoms with Crippen molar-refractivity contribution in [2.75, 3.05) is 26.2 Å². The lowest BCUT2D eigenvalue weighted by Crippen LogP contribution is -2.28. The van der Waals surface area contributed by atoms with Gasteiger partial charge in [-0.15, -0.1) is 0 Å². The summed E-state index contributed by atoms with van der Waals surface area (Å²) in [7, 11) is 0. The molecule has 1 atom stereocenters. The molecule has 0 aromatic rings. The zero-order valence-corrected chi connectivity index (χ0v) is 11.6. The summed E-state index contributed by atoms with van der Waals surface area (Å²) in [5.74, 6) is 1.51. The highest BCUT2D eigenvalue weighted by atomic mass is 15.1. The third kappa shape index (κ3) is 4.84. The molecule has 2 nitrogen and oxygen atoms in total. The molecule has 1 unspecified atom stereocenters. The Morgan fingerprint density at radius 2 is 2.00 bits per heavy atom. The molecular formula is C14H30N2. The van der Waals surface area contributed by atoms with Gasteiger partial charge in [-0.3, -0.25) is 0 Å². The van der Waals surface area contributed by atoms with Gasteiger partial charge in [0.15, 0.2) is 0 Å². The second-order valence-corrected chi connectivity index (χ2v) is 6.71. The van der Waals surface area contributed by atoms with Crippen molar-refractivity contribution in [3.8, 4) is 0 Å². The van der Waals surface area contributed by atoms with E-state index in [2.05, 4.69) is 32.6 Å². The lowest BCUT2D eigenvalue weighted by atomic mass is 9.93. The predicted octanol–water partition coefficient (Wildman–Crippen LogP) is 2.73. The summed E-state index contributed by atoms with van der Waals surface area (Å²) in [5, 5.41) is 0. The Labute approximate surface area is 102 Å². The molecule has 0 bridgehead atoms. The van der Waals surface area contributed by atoms with Gasteiger partial charge in [0.25, 0.3) is 0 Å². The van der Waals surface area contributed by atoms with Gasteiger partial charge in [-0.05, 0) is 56.1 Å². The van der Waals surface area contributed by atoms with Crippen molar-refractivity contribution in [1.82, 2.24) is 4.90 Å². The zero-order chi connectivity index (χ0) is 12.2. The first kappa shape index (κ1) is 14.0. The molecule has 1 fully saturated rings. The Kier molecular flexibility index (Phi) is 5.26. The van der Waals surface area contributed by atoms with Gasteiger partial charge in [-0.1, -0.05) is 27.7 Å². The third-order valence-corrected chi connectivity index (χ3v) is 3.75. The first-order chi connectivity index (χ1) is 7.43. The molecular weight excluding hydrogens is 196 g/mol. The second-order valence-electron chi connectivity index (χ2n) is 6.71. The maximum Gasteiger partial charge on any atom is 0.00332 e. The number of hydrogen-bond acceptors (Lipinski definition) is 2. The quantitative estimate of drug-likeness (QED) is 0.754. The first-order valence-electron chi connectivity index (χ1n) is 6.85. The number of hydrogen-bond donors (Lipinski definition) is 1. The van der Waals surface area contributed by atoms with Crippen molar-refractivity contribution >= 4 is 0 Å². The van der Waals surface area contributed by atoms with Crippen LogP contribution in [0.15, 0.2) is 0 Å². The Hall–Kier alpha value is -0.0800. The van der Waals surface area contributed by atoms with Gasteiger partial charge < -0.3 is 10.6 Å². The monoisotopic (exact) mass is 226 g/mol. The highest BCUT2D eigenvalue weighted by Crippen LogP contribution is 2.29. The van der Waals surface area contributed by atoms with Gasteiger partial charge >= 0.3 is 0 Å². The van der Waals surface area contributed by atoms with Gasteiger partial charge in [0.1, 0.15) is 0 Å². The van der Waals surface area contributed by atoms with Gasteiger partial charge in [-0.25, -0.2) is 0 Å². The van der Waals surface area contributed by atoms with Crippen LogP contribution >= 0.6 is 0 Å². The summed E-state index contributed by atoms with van der Waals surface area (Å²) in [6.45, 7) is 14.0. The van der Waals surface area contributed by atoms with Gasteiger partial charge in [0, 0.05) is 6.54 Å². The predicted molar refractivity (Wildman–Crippen MR) is 71.5 cm³/mol. The standard InChI is InChI=1S/C14H30N2/c1-12(2)9-13(10-15)5-7-16-8-6-14(3,4)11-16/h12-13H,5-11,15H2,1-4H3. The van der Waals surface area contributed by atoms with Crippen LogP contribution in [-0.2, 0) is 0 Å². The topological polar surface area (TPSA) is 29.3 Å². The molecule has 0 aromatic carbocycles. The van der Waals surface area contributed by atoms with Gasteiger partial charge in [0.2, 0.25) is 0 Å². The van der Waals surface area contributed by atoms with Crippen molar-refractivity contribution in [2.45, 2.75) is 47.0 Å². The molecule has 0 radical (unpaired) electrons.